The van der Waals surface area contributed by atoms with Gasteiger partial charge < -0.3 is 9.84 Å². The van der Waals surface area contributed by atoms with Gasteiger partial charge in [-0.15, -0.1) is 0 Å². The smallest absolute Gasteiger partial charge is 0.137 e. The monoisotopic (exact) mass is 199 g/mol. The maximum Gasteiger partial charge on any atom is 0.137 e. The van der Waals surface area contributed by atoms with Gasteiger partial charge in [0, 0.05) is 12.5 Å². The number of hydrogen-bond donors (Lipinski definition) is 1. The van der Waals surface area contributed by atoms with Crippen molar-refractivity contribution in [1.29, 1.82) is 0 Å². The highest BCUT2D eigenvalue weighted by atomic mass is 35.5. The second-order valence-electron chi connectivity index (χ2n) is 2.77. The largest absolute Gasteiger partial charge is 0.495 e. The van der Waals surface area contributed by atoms with Crippen LogP contribution in [0.15, 0.2) is 18.2 Å². The molecule has 0 saturated carbocycles. The Morgan fingerprint density at radius 1 is 1.62 bits per heavy atom. The Morgan fingerprint density at radius 3 is 2.85 bits per heavy atom. The Hall–Kier alpha value is -0.730. The molecule has 0 aliphatic carbocycles. The van der Waals surface area contributed by atoms with Crippen molar-refractivity contribution >= 4 is 11.6 Å². The second-order valence-corrected chi connectivity index (χ2v) is 3.18. The van der Waals surface area contributed by atoms with Crippen molar-refractivity contribution in [2.24, 2.45) is 0 Å². The van der Waals surface area contributed by atoms with Crippen molar-refractivity contribution in [3.63, 3.8) is 0 Å². The molecule has 1 radical (unpaired) electrons. The van der Waals surface area contributed by atoms with Gasteiger partial charge in [-0.1, -0.05) is 17.7 Å². The molecule has 1 aromatic carbocycles. The summed E-state index contributed by atoms with van der Waals surface area (Å²) in [5, 5.41) is 9.45. The van der Waals surface area contributed by atoms with Crippen molar-refractivity contribution in [3.8, 4) is 5.75 Å². The first kappa shape index (κ1) is 10.4. The van der Waals surface area contributed by atoms with E-state index in [9.17, 15) is 0 Å². The van der Waals surface area contributed by atoms with Crippen molar-refractivity contribution in [3.05, 3.63) is 35.7 Å². The van der Waals surface area contributed by atoms with E-state index in [1.165, 1.54) is 0 Å². The molecule has 0 heterocycles. The zero-order chi connectivity index (χ0) is 9.84. The number of rotatable bonds is 3. The summed E-state index contributed by atoms with van der Waals surface area (Å²) in [5.41, 5.74) is 0.920. The Bertz CT molecular complexity index is 286. The molecule has 0 saturated heterocycles. The third-order valence-corrected chi connectivity index (χ3v) is 2.18. The summed E-state index contributed by atoms with van der Waals surface area (Å²) >= 11 is 5.84. The minimum atomic E-state index is -0.133. The molecule has 0 spiro atoms. The van der Waals surface area contributed by atoms with E-state index in [1.807, 2.05) is 6.07 Å². The molecule has 0 fully saturated rings. The Balaban J connectivity index is 2.99. The second kappa shape index (κ2) is 4.49. The third kappa shape index (κ3) is 2.36. The van der Waals surface area contributed by atoms with Gasteiger partial charge in [-0.05, 0) is 24.6 Å². The van der Waals surface area contributed by atoms with Crippen LogP contribution in [-0.4, -0.2) is 18.8 Å². The topological polar surface area (TPSA) is 29.5 Å². The Kier molecular flexibility index (Phi) is 3.58. The molecule has 0 aliphatic heterocycles. The van der Waals surface area contributed by atoms with E-state index < -0.39 is 0 Å². The molecule has 13 heavy (non-hydrogen) atoms. The number of benzene rings is 1. The van der Waals surface area contributed by atoms with Crippen molar-refractivity contribution in [2.45, 2.75) is 5.92 Å². The zero-order valence-corrected chi connectivity index (χ0v) is 8.21. The van der Waals surface area contributed by atoms with Crippen LogP contribution in [0.4, 0.5) is 0 Å². The van der Waals surface area contributed by atoms with Crippen LogP contribution in [0.1, 0.15) is 11.5 Å². The van der Waals surface area contributed by atoms with Gasteiger partial charge in [0.2, 0.25) is 0 Å². The average Bonchev–Trinajstić information content (AvgIpc) is 2.17. The summed E-state index contributed by atoms with van der Waals surface area (Å²) in [6.45, 7) is 3.80. The highest BCUT2D eigenvalue weighted by Crippen LogP contribution is 2.27. The van der Waals surface area contributed by atoms with E-state index in [-0.39, 0.29) is 12.5 Å². The summed E-state index contributed by atoms with van der Waals surface area (Å²) in [4.78, 5) is 0. The van der Waals surface area contributed by atoms with Gasteiger partial charge in [0.05, 0.1) is 12.1 Å². The molecule has 0 amide bonds. The van der Waals surface area contributed by atoms with E-state index in [0.29, 0.717) is 10.8 Å². The zero-order valence-electron chi connectivity index (χ0n) is 7.46. The van der Waals surface area contributed by atoms with E-state index in [4.69, 9.17) is 21.4 Å². The molecule has 0 aliphatic rings. The molecule has 1 atom stereocenters. The fraction of sp³-hybridized carbons (Fsp3) is 0.300. The summed E-state index contributed by atoms with van der Waals surface area (Å²) in [5.74, 6) is 0.479. The van der Waals surface area contributed by atoms with Crippen LogP contribution < -0.4 is 4.74 Å². The maximum atomic E-state index is 8.88. The fourth-order valence-corrected chi connectivity index (χ4v) is 1.23. The summed E-state index contributed by atoms with van der Waals surface area (Å²) in [7, 11) is 1.56. The molecule has 1 N–H and O–H groups in total. The lowest BCUT2D eigenvalue weighted by atomic mass is 10.0. The third-order valence-electron chi connectivity index (χ3n) is 1.87. The van der Waals surface area contributed by atoms with Gasteiger partial charge in [-0.2, -0.15) is 0 Å². The van der Waals surface area contributed by atoms with Crippen LogP contribution in [0.3, 0.4) is 0 Å². The van der Waals surface area contributed by atoms with E-state index in [2.05, 4.69) is 6.92 Å². The van der Waals surface area contributed by atoms with Crippen LogP contribution in [-0.2, 0) is 0 Å². The van der Waals surface area contributed by atoms with Gasteiger partial charge in [0.25, 0.3) is 0 Å². The molecule has 0 bridgehead atoms. The Labute approximate surface area is 83.1 Å². The van der Waals surface area contributed by atoms with Gasteiger partial charge in [-0.3, -0.25) is 0 Å². The highest BCUT2D eigenvalue weighted by Gasteiger charge is 2.07. The highest BCUT2D eigenvalue weighted by molar-refractivity contribution is 6.32. The fourth-order valence-electron chi connectivity index (χ4n) is 1.04. The molecule has 71 valence electrons. The summed E-state index contributed by atoms with van der Waals surface area (Å²) < 4.78 is 5.04. The first-order chi connectivity index (χ1) is 6.19. The molecule has 3 heteroatoms. The first-order valence-corrected chi connectivity index (χ1v) is 4.34. The molecular weight excluding hydrogens is 188 g/mol. The van der Waals surface area contributed by atoms with Crippen LogP contribution in [0, 0.1) is 6.92 Å². The minimum Gasteiger partial charge on any atom is -0.495 e. The van der Waals surface area contributed by atoms with E-state index in [0.717, 1.165) is 5.56 Å². The minimum absolute atomic E-state index is 0.0186. The molecule has 1 aromatic rings. The SMILES string of the molecule is [CH2]C(CO)c1ccc(Cl)c(OC)c1. The molecular formula is C10H12ClO2. The van der Waals surface area contributed by atoms with Crippen LogP contribution in [0.2, 0.25) is 5.02 Å². The van der Waals surface area contributed by atoms with E-state index >= 15 is 0 Å². The van der Waals surface area contributed by atoms with Crippen LogP contribution in [0.25, 0.3) is 0 Å². The lowest BCUT2D eigenvalue weighted by Gasteiger charge is -2.10. The molecule has 0 aromatic heterocycles. The Morgan fingerprint density at radius 2 is 2.31 bits per heavy atom. The van der Waals surface area contributed by atoms with Gasteiger partial charge in [0.1, 0.15) is 5.75 Å². The number of ether oxygens (including phenoxy) is 1. The average molecular weight is 200 g/mol. The molecule has 1 rings (SSSR count). The number of aliphatic hydroxyl groups excluding tert-OH is 1. The van der Waals surface area contributed by atoms with Crippen molar-refractivity contribution in [1.82, 2.24) is 0 Å². The molecule has 2 nitrogen and oxygen atoms in total. The number of hydrogen-bond acceptors (Lipinski definition) is 2. The summed E-state index contributed by atoms with van der Waals surface area (Å²) in [6.07, 6.45) is 0. The predicted molar refractivity (Wildman–Crippen MR) is 53.2 cm³/mol. The van der Waals surface area contributed by atoms with Crippen LogP contribution >= 0.6 is 11.6 Å². The number of methoxy groups -OCH3 is 1. The number of aliphatic hydroxyl groups is 1. The predicted octanol–water partition coefficient (Wildman–Crippen LogP) is 2.26. The van der Waals surface area contributed by atoms with Crippen molar-refractivity contribution in [2.75, 3.05) is 13.7 Å². The van der Waals surface area contributed by atoms with Crippen molar-refractivity contribution < 1.29 is 9.84 Å². The first-order valence-electron chi connectivity index (χ1n) is 3.96. The lowest BCUT2D eigenvalue weighted by Crippen LogP contribution is -1.99. The standard InChI is InChI=1S/C10H12ClO2/c1-7(6-12)8-3-4-9(11)10(5-8)13-2/h3-5,7,12H,1,6H2,2H3. The maximum absolute atomic E-state index is 8.88. The van der Waals surface area contributed by atoms with Gasteiger partial charge in [-0.25, -0.2) is 0 Å². The van der Waals surface area contributed by atoms with Gasteiger partial charge >= 0.3 is 0 Å². The van der Waals surface area contributed by atoms with Gasteiger partial charge in [0.15, 0.2) is 0 Å². The molecule has 1 unspecified atom stereocenters. The van der Waals surface area contributed by atoms with Crippen LogP contribution in [0.5, 0.6) is 5.75 Å². The quantitative estimate of drug-likeness (QED) is 0.809. The summed E-state index contributed by atoms with van der Waals surface area (Å²) in [6, 6.07) is 5.36. The van der Waals surface area contributed by atoms with E-state index in [1.54, 1.807) is 19.2 Å². The lowest BCUT2D eigenvalue weighted by molar-refractivity contribution is 0.282. The normalized spacial score (nSPS) is 12.6. The number of halogens is 1.